The summed E-state index contributed by atoms with van der Waals surface area (Å²) in [7, 11) is 1.60. The summed E-state index contributed by atoms with van der Waals surface area (Å²) in [6.07, 6.45) is 0.713. The molecule has 1 aromatic heterocycles. The van der Waals surface area contributed by atoms with Gasteiger partial charge in [0, 0.05) is 0 Å². The third-order valence-corrected chi connectivity index (χ3v) is 2.85. The van der Waals surface area contributed by atoms with E-state index >= 15 is 0 Å². The van der Waals surface area contributed by atoms with Crippen LogP contribution in [0.3, 0.4) is 0 Å². The Balaban J connectivity index is 2.49. The molecule has 2 aromatic rings. The minimum Gasteiger partial charge on any atom is -0.497 e. The molecule has 0 aliphatic heterocycles. The number of rotatable bonds is 3. The van der Waals surface area contributed by atoms with Crippen molar-refractivity contribution in [3.8, 4) is 11.4 Å². The summed E-state index contributed by atoms with van der Waals surface area (Å²) in [5.74, 6) is 0.754. The van der Waals surface area contributed by atoms with Crippen LogP contribution in [0.4, 0.5) is 0 Å². The summed E-state index contributed by atoms with van der Waals surface area (Å²) in [4.78, 5) is 10.8. The van der Waals surface area contributed by atoms with Crippen molar-refractivity contribution in [2.75, 3.05) is 7.11 Å². The molecule has 17 heavy (non-hydrogen) atoms. The fraction of sp³-hybridized carbons (Fsp3) is 0.167. The molecule has 0 aliphatic rings. The molecule has 0 bridgehead atoms. The molecule has 5 heteroatoms. The highest BCUT2D eigenvalue weighted by atomic mass is 35.5. The zero-order valence-electron chi connectivity index (χ0n) is 9.48. The van der Waals surface area contributed by atoms with Crippen LogP contribution in [0.5, 0.6) is 5.75 Å². The molecule has 0 amide bonds. The molecule has 0 unspecified atom stereocenters. The third-order valence-electron chi connectivity index (χ3n) is 2.48. The Kier molecular flexibility index (Phi) is 3.15. The molecule has 1 aromatic carbocycles. The predicted molar refractivity (Wildman–Crippen MR) is 65.3 cm³/mol. The first-order valence-corrected chi connectivity index (χ1v) is 5.40. The van der Waals surface area contributed by atoms with Crippen molar-refractivity contribution in [1.82, 2.24) is 9.78 Å². The van der Waals surface area contributed by atoms with Gasteiger partial charge in [-0.1, -0.05) is 11.6 Å². The first-order valence-electron chi connectivity index (χ1n) is 5.02. The number of carbonyl (C=O) groups is 1. The number of hydrogen-bond acceptors (Lipinski definition) is 3. The van der Waals surface area contributed by atoms with Gasteiger partial charge in [0.25, 0.3) is 0 Å². The number of aryl methyl sites for hydroxylation is 1. The van der Waals surface area contributed by atoms with Gasteiger partial charge in [-0.3, -0.25) is 4.79 Å². The van der Waals surface area contributed by atoms with Gasteiger partial charge >= 0.3 is 0 Å². The van der Waals surface area contributed by atoms with E-state index < -0.39 is 0 Å². The Bertz CT molecular complexity index is 546. The Labute approximate surface area is 104 Å². The van der Waals surface area contributed by atoms with Crippen LogP contribution in [0.2, 0.25) is 5.15 Å². The molecular weight excluding hydrogens is 240 g/mol. The molecule has 1 heterocycles. The van der Waals surface area contributed by atoms with Crippen LogP contribution in [0, 0.1) is 6.92 Å². The average Bonchev–Trinajstić information content (AvgIpc) is 2.64. The topological polar surface area (TPSA) is 44.1 Å². The molecule has 0 fully saturated rings. The van der Waals surface area contributed by atoms with Gasteiger partial charge < -0.3 is 4.74 Å². The van der Waals surface area contributed by atoms with Gasteiger partial charge in [0.05, 0.1) is 24.1 Å². The van der Waals surface area contributed by atoms with Gasteiger partial charge in [-0.05, 0) is 31.2 Å². The summed E-state index contributed by atoms with van der Waals surface area (Å²) in [5, 5.41) is 4.54. The molecule has 0 saturated heterocycles. The first-order chi connectivity index (χ1) is 8.17. The molecule has 4 nitrogen and oxygen atoms in total. The highest BCUT2D eigenvalue weighted by molar-refractivity contribution is 6.32. The SMILES string of the molecule is COc1ccc(-n2nc(C)c(C=O)c2Cl)cc1. The lowest BCUT2D eigenvalue weighted by atomic mass is 10.3. The van der Waals surface area contributed by atoms with Crippen LogP contribution in [0.1, 0.15) is 16.1 Å². The fourth-order valence-electron chi connectivity index (χ4n) is 1.54. The van der Waals surface area contributed by atoms with E-state index in [1.165, 1.54) is 4.68 Å². The normalized spacial score (nSPS) is 10.3. The second-order valence-corrected chi connectivity index (χ2v) is 3.88. The largest absolute Gasteiger partial charge is 0.497 e. The van der Waals surface area contributed by atoms with Crippen molar-refractivity contribution in [2.45, 2.75) is 6.92 Å². The lowest BCUT2D eigenvalue weighted by Gasteiger charge is -2.04. The van der Waals surface area contributed by atoms with E-state index in [9.17, 15) is 4.79 Å². The lowest BCUT2D eigenvalue weighted by molar-refractivity contribution is 0.112. The number of aromatic nitrogens is 2. The van der Waals surface area contributed by atoms with Crippen LogP contribution in [0.15, 0.2) is 24.3 Å². The Morgan fingerprint density at radius 1 is 1.35 bits per heavy atom. The van der Waals surface area contributed by atoms with E-state index in [1.54, 1.807) is 14.0 Å². The van der Waals surface area contributed by atoms with Crippen LogP contribution in [-0.4, -0.2) is 23.2 Å². The Morgan fingerprint density at radius 2 is 2.00 bits per heavy atom. The molecule has 0 spiro atoms. The zero-order valence-corrected chi connectivity index (χ0v) is 10.2. The summed E-state index contributed by atoms with van der Waals surface area (Å²) in [5.41, 5.74) is 1.82. The Morgan fingerprint density at radius 3 is 2.47 bits per heavy atom. The highest BCUT2D eigenvalue weighted by Crippen LogP contribution is 2.23. The maximum atomic E-state index is 10.8. The summed E-state index contributed by atoms with van der Waals surface area (Å²) >= 11 is 6.08. The minimum absolute atomic E-state index is 0.322. The quantitative estimate of drug-likeness (QED) is 0.787. The molecule has 0 N–H and O–H groups in total. The number of hydrogen-bond donors (Lipinski definition) is 0. The summed E-state index contributed by atoms with van der Waals surface area (Å²) < 4.78 is 6.59. The van der Waals surface area contributed by atoms with E-state index in [2.05, 4.69) is 5.10 Å². The van der Waals surface area contributed by atoms with Crippen molar-refractivity contribution >= 4 is 17.9 Å². The van der Waals surface area contributed by atoms with E-state index in [4.69, 9.17) is 16.3 Å². The molecule has 0 radical (unpaired) electrons. The number of carbonyl (C=O) groups excluding carboxylic acids is 1. The molecular formula is C12H11ClN2O2. The van der Waals surface area contributed by atoms with Gasteiger partial charge in [-0.15, -0.1) is 0 Å². The second kappa shape index (κ2) is 4.59. The van der Waals surface area contributed by atoms with Gasteiger partial charge in [-0.25, -0.2) is 4.68 Å². The van der Waals surface area contributed by atoms with E-state index in [-0.39, 0.29) is 0 Å². The third kappa shape index (κ3) is 2.03. The fourth-order valence-corrected chi connectivity index (χ4v) is 1.86. The van der Waals surface area contributed by atoms with Crippen molar-refractivity contribution < 1.29 is 9.53 Å². The van der Waals surface area contributed by atoms with Crippen LogP contribution >= 0.6 is 11.6 Å². The molecule has 0 aliphatic carbocycles. The van der Waals surface area contributed by atoms with Crippen molar-refractivity contribution in [1.29, 1.82) is 0 Å². The minimum atomic E-state index is 0.322. The summed E-state index contributed by atoms with van der Waals surface area (Å²) in [6.45, 7) is 1.75. The Hall–Kier alpha value is -1.81. The van der Waals surface area contributed by atoms with E-state index in [0.29, 0.717) is 22.7 Å². The predicted octanol–water partition coefficient (Wildman–Crippen LogP) is 2.66. The average molecular weight is 251 g/mol. The standard InChI is InChI=1S/C12H11ClN2O2/c1-8-11(7-16)12(13)15(14-8)9-3-5-10(17-2)6-4-9/h3-7H,1-2H3. The number of benzene rings is 1. The van der Waals surface area contributed by atoms with E-state index in [1.807, 2.05) is 24.3 Å². The van der Waals surface area contributed by atoms with Gasteiger partial charge in [0.2, 0.25) is 0 Å². The maximum absolute atomic E-state index is 10.8. The number of aldehydes is 1. The van der Waals surface area contributed by atoms with Crippen molar-refractivity contribution in [3.63, 3.8) is 0 Å². The van der Waals surface area contributed by atoms with Gasteiger partial charge in [0.1, 0.15) is 10.9 Å². The number of halogens is 1. The van der Waals surface area contributed by atoms with Gasteiger partial charge in [-0.2, -0.15) is 5.10 Å². The van der Waals surface area contributed by atoms with Crippen LogP contribution < -0.4 is 4.74 Å². The van der Waals surface area contributed by atoms with Crippen molar-refractivity contribution in [2.24, 2.45) is 0 Å². The summed E-state index contributed by atoms with van der Waals surface area (Å²) in [6, 6.07) is 7.27. The lowest BCUT2D eigenvalue weighted by Crippen LogP contribution is -1.96. The molecule has 0 atom stereocenters. The second-order valence-electron chi connectivity index (χ2n) is 3.52. The molecule has 0 saturated carbocycles. The van der Waals surface area contributed by atoms with E-state index in [0.717, 1.165) is 11.4 Å². The maximum Gasteiger partial charge on any atom is 0.155 e. The number of nitrogens with zero attached hydrogens (tertiary/aromatic N) is 2. The van der Waals surface area contributed by atoms with Crippen LogP contribution in [-0.2, 0) is 0 Å². The molecule has 2 rings (SSSR count). The zero-order chi connectivity index (χ0) is 12.4. The van der Waals surface area contributed by atoms with Crippen LogP contribution in [0.25, 0.3) is 5.69 Å². The number of methoxy groups -OCH3 is 1. The first kappa shape index (κ1) is 11.7. The highest BCUT2D eigenvalue weighted by Gasteiger charge is 2.13. The van der Waals surface area contributed by atoms with Gasteiger partial charge in [0.15, 0.2) is 6.29 Å². The smallest absolute Gasteiger partial charge is 0.155 e. The van der Waals surface area contributed by atoms with Crippen molar-refractivity contribution in [3.05, 3.63) is 40.7 Å². The number of ether oxygens (including phenoxy) is 1. The monoisotopic (exact) mass is 250 g/mol. The molecule has 88 valence electrons.